The number of carbonyl (C=O) groups is 3. The van der Waals surface area contributed by atoms with Crippen LogP contribution in [-0.4, -0.2) is 28.6 Å². The first-order valence-corrected chi connectivity index (χ1v) is 9.73. The lowest BCUT2D eigenvalue weighted by Gasteiger charge is -2.09. The van der Waals surface area contributed by atoms with Crippen LogP contribution in [0.4, 0.5) is 11.4 Å². The Hall–Kier alpha value is -3.58. The van der Waals surface area contributed by atoms with Crippen LogP contribution in [0.3, 0.4) is 0 Å². The van der Waals surface area contributed by atoms with Crippen molar-refractivity contribution < 1.29 is 19.5 Å². The highest BCUT2D eigenvalue weighted by atomic mass is 32.2. The average molecular weight is 406 g/mol. The molecule has 0 saturated carbocycles. The first kappa shape index (κ1) is 20.2. The van der Waals surface area contributed by atoms with E-state index in [1.165, 1.54) is 23.9 Å². The maximum absolute atomic E-state index is 12.4. The molecule has 0 aliphatic heterocycles. The van der Waals surface area contributed by atoms with Crippen LogP contribution in [0.2, 0.25) is 0 Å². The van der Waals surface area contributed by atoms with Crippen molar-refractivity contribution in [2.45, 2.75) is 4.90 Å². The molecule has 6 nitrogen and oxygen atoms in total. The summed E-state index contributed by atoms with van der Waals surface area (Å²) in [6, 6.07) is 22.3. The molecule has 0 saturated heterocycles. The topological polar surface area (TPSA) is 95.5 Å². The van der Waals surface area contributed by atoms with Crippen molar-refractivity contribution in [3.63, 3.8) is 0 Å². The minimum absolute atomic E-state index is 0.0541. The molecule has 0 radical (unpaired) electrons. The van der Waals surface area contributed by atoms with Crippen molar-refractivity contribution in [3.05, 3.63) is 90.0 Å². The summed E-state index contributed by atoms with van der Waals surface area (Å²) >= 11 is 1.38. The van der Waals surface area contributed by atoms with E-state index >= 15 is 0 Å². The van der Waals surface area contributed by atoms with Gasteiger partial charge in [-0.3, -0.25) is 9.59 Å². The largest absolute Gasteiger partial charge is 0.478 e. The van der Waals surface area contributed by atoms with Crippen LogP contribution in [0.1, 0.15) is 20.7 Å². The zero-order valence-corrected chi connectivity index (χ0v) is 16.1. The molecule has 0 aliphatic rings. The van der Waals surface area contributed by atoms with Crippen LogP contribution in [-0.2, 0) is 4.79 Å². The van der Waals surface area contributed by atoms with E-state index in [9.17, 15) is 19.5 Å². The van der Waals surface area contributed by atoms with Gasteiger partial charge in [-0.05, 0) is 48.5 Å². The minimum Gasteiger partial charge on any atom is -0.478 e. The van der Waals surface area contributed by atoms with Gasteiger partial charge in [0, 0.05) is 16.3 Å². The molecule has 3 rings (SSSR count). The van der Waals surface area contributed by atoms with Crippen molar-refractivity contribution in [2.24, 2.45) is 0 Å². The number of benzene rings is 3. The van der Waals surface area contributed by atoms with E-state index in [2.05, 4.69) is 10.6 Å². The molecule has 0 aromatic heterocycles. The van der Waals surface area contributed by atoms with Gasteiger partial charge in [-0.15, -0.1) is 11.8 Å². The molecule has 0 aliphatic carbocycles. The number of para-hydroxylation sites is 1. The summed E-state index contributed by atoms with van der Waals surface area (Å²) in [6.45, 7) is 0. The first-order chi connectivity index (χ1) is 14.0. The van der Waals surface area contributed by atoms with Gasteiger partial charge in [0.2, 0.25) is 5.91 Å². The van der Waals surface area contributed by atoms with Crippen molar-refractivity contribution in [3.8, 4) is 0 Å². The van der Waals surface area contributed by atoms with Gasteiger partial charge in [0.25, 0.3) is 5.91 Å². The van der Waals surface area contributed by atoms with E-state index in [0.29, 0.717) is 5.69 Å². The Bertz CT molecular complexity index is 1020. The number of anilines is 2. The number of carboxylic acid groups (broad SMARTS) is 1. The molecule has 0 spiro atoms. The van der Waals surface area contributed by atoms with Crippen molar-refractivity contribution in [2.75, 3.05) is 16.4 Å². The number of carbonyl (C=O) groups excluding carboxylic acids is 2. The Morgan fingerprint density at radius 2 is 1.31 bits per heavy atom. The van der Waals surface area contributed by atoms with Crippen molar-refractivity contribution in [1.29, 1.82) is 0 Å². The van der Waals surface area contributed by atoms with Crippen molar-refractivity contribution in [1.82, 2.24) is 0 Å². The van der Waals surface area contributed by atoms with Gasteiger partial charge in [0.15, 0.2) is 0 Å². The van der Waals surface area contributed by atoms with Gasteiger partial charge in [0.05, 0.1) is 16.9 Å². The van der Waals surface area contributed by atoms with Crippen LogP contribution in [0.15, 0.2) is 83.8 Å². The fraction of sp³-hybridized carbons (Fsp3) is 0.0455. The van der Waals surface area contributed by atoms with E-state index in [1.54, 1.807) is 36.4 Å². The molecular formula is C22H18N2O4S. The van der Waals surface area contributed by atoms with Crippen LogP contribution in [0.5, 0.6) is 0 Å². The Morgan fingerprint density at radius 1 is 0.724 bits per heavy atom. The van der Waals surface area contributed by atoms with Crippen LogP contribution >= 0.6 is 11.8 Å². The van der Waals surface area contributed by atoms with E-state index in [1.807, 2.05) is 30.3 Å². The Labute approximate surface area is 172 Å². The maximum Gasteiger partial charge on any atom is 0.336 e. The number of carboxylic acids is 1. The van der Waals surface area contributed by atoms with Gasteiger partial charge >= 0.3 is 5.97 Å². The Kier molecular flexibility index (Phi) is 6.65. The highest BCUT2D eigenvalue weighted by molar-refractivity contribution is 8.00. The summed E-state index contributed by atoms with van der Waals surface area (Å²) in [7, 11) is 0. The summed E-state index contributed by atoms with van der Waals surface area (Å²) in [5.74, 6) is -1.50. The second kappa shape index (κ2) is 9.57. The number of hydrogen-bond acceptors (Lipinski definition) is 4. The third-order valence-corrected chi connectivity index (χ3v) is 4.95. The molecule has 146 valence electrons. The third-order valence-electron chi connectivity index (χ3n) is 3.94. The standard InChI is InChI=1S/C22H18N2O4S/c25-20(23-15-6-2-1-3-7-15)14-29-17-12-10-16(11-13-17)24-21(26)18-8-4-5-9-19(18)22(27)28/h1-13H,14H2,(H,23,25)(H,24,26)(H,27,28). The lowest BCUT2D eigenvalue weighted by Crippen LogP contribution is -2.16. The van der Waals surface area contributed by atoms with Crippen molar-refractivity contribution >= 4 is 40.9 Å². The zero-order valence-electron chi connectivity index (χ0n) is 15.3. The smallest absolute Gasteiger partial charge is 0.336 e. The van der Waals surface area contributed by atoms with E-state index in [0.717, 1.165) is 10.6 Å². The molecular weight excluding hydrogens is 388 g/mol. The SMILES string of the molecule is O=C(CSc1ccc(NC(=O)c2ccccc2C(=O)O)cc1)Nc1ccccc1. The number of amides is 2. The number of rotatable bonds is 7. The fourth-order valence-electron chi connectivity index (χ4n) is 2.57. The van der Waals surface area contributed by atoms with Gasteiger partial charge in [-0.1, -0.05) is 30.3 Å². The average Bonchev–Trinajstić information content (AvgIpc) is 2.74. The molecule has 2 amide bonds. The summed E-state index contributed by atoms with van der Waals surface area (Å²) in [5.41, 5.74) is 1.32. The van der Waals surface area contributed by atoms with E-state index in [4.69, 9.17) is 0 Å². The van der Waals surface area contributed by atoms with Gasteiger partial charge in [-0.2, -0.15) is 0 Å². The monoisotopic (exact) mass is 406 g/mol. The van der Waals surface area contributed by atoms with Gasteiger partial charge < -0.3 is 15.7 Å². The molecule has 7 heteroatoms. The Morgan fingerprint density at radius 3 is 1.97 bits per heavy atom. The molecule has 0 atom stereocenters. The quantitative estimate of drug-likeness (QED) is 0.507. The lowest BCUT2D eigenvalue weighted by molar-refractivity contribution is -0.113. The molecule has 29 heavy (non-hydrogen) atoms. The molecule has 0 fully saturated rings. The highest BCUT2D eigenvalue weighted by Gasteiger charge is 2.15. The zero-order chi connectivity index (χ0) is 20.6. The molecule has 3 N–H and O–H groups in total. The Balaban J connectivity index is 1.56. The van der Waals surface area contributed by atoms with Gasteiger partial charge in [0.1, 0.15) is 0 Å². The van der Waals surface area contributed by atoms with E-state index in [-0.39, 0.29) is 22.8 Å². The molecule has 3 aromatic carbocycles. The number of nitrogens with one attached hydrogen (secondary N) is 2. The minimum atomic E-state index is -1.16. The lowest BCUT2D eigenvalue weighted by atomic mass is 10.1. The number of thioether (sulfide) groups is 1. The predicted octanol–water partition coefficient (Wildman–Crippen LogP) is 4.37. The predicted molar refractivity (Wildman–Crippen MR) is 114 cm³/mol. The molecule has 3 aromatic rings. The number of aromatic carboxylic acids is 1. The molecule has 0 bridgehead atoms. The summed E-state index contributed by atoms with van der Waals surface area (Å²) in [5, 5.41) is 14.7. The first-order valence-electron chi connectivity index (χ1n) is 8.74. The number of hydrogen-bond donors (Lipinski definition) is 3. The molecule has 0 unspecified atom stereocenters. The normalized spacial score (nSPS) is 10.2. The van der Waals surface area contributed by atoms with E-state index < -0.39 is 11.9 Å². The highest BCUT2D eigenvalue weighted by Crippen LogP contribution is 2.21. The summed E-state index contributed by atoms with van der Waals surface area (Å²) < 4.78 is 0. The fourth-order valence-corrected chi connectivity index (χ4v) is 3.27. The summed E-state index contributed by atoms with van der Waals surface area (Å²) in [6.07, 6.45) is 0. The summed E-state index contributed by atoms with van der Waals surface area (Å²) in [4.78, 5) is 36.5. The van der Waals surface area contributed by atoms with Crippen LogP contribution in [0, 0.1) is 0 Å². The second-order valence-electron chi connectivity index (χ2n) is 6.03. The third kappa shape index (κ3) is 5.70. The molecule has 0 heterocycles. The van der Waals surface area contributed by atoms with Gasteiger partial charge in [-0.25, -0.2) is 4.79 Å². The van der Waals surface area contributed by atoms with Crippen LogP contribution in [0.25, 0.3) is 0 Å². The van der Waals surface area contributed by atoms with Crippen LogP contribution < -0.4 is 10.6 Å². The maximum atomic E-state index is 12.4. The second-order valence-corrected chi connectivity index (χ2v) is 7.08.